The number of nitrogens with zero attached hydrogens (tertiary/aromatic N) is 3. The maximum absolute atomic E-state index is 7.22. The zero-order chi connectivity index (χ0) is 18.5. The highest BCUT2D eigenvalue weighted by Gasteiger charge is 2.17. The number of rotatable bonds is 8. The first kappa shape index (κ1) is 17.9. The van der Waals surface area contributed by atoms with Crippen molar-refractivity contribution in [2.24, 2.45) is 5.73 Å². The Balaban J connectivity index is 1.97. The average Bonchev–Trinajstić information content (AvgIpc) is 2.99. The van der Waals surface area contributed by atoms with E-state index in [1.165, 1.54) is 0 Å². The molecule has 2 heterocycles. The molecule has 1 aromatic carbocycles. The summed E-state index contributed by atoms with van der Waals surface area (Å²) < 4.78 is 7.78. The summed E-state index contributed by atoms with van der Waals surface area (Å²) >= 11 is 0. The minimum absolute atomic E-state index is 0.0000394. The fourth-order valence-corrected chi connectivity index (χ4v) is 3.07. The lowest BCUT2D eigenvalue weighted by molar-refractivity contribution is 0.126. The second-order valence-corrected chi connectivity index (χ2v) is 6.08. The summed E-state index contributed by atoms with van der Waals surface area (Å²) in [6.45, 7) is 4.48. The van der Waals surface area contributed by atoms with E-state index in [1.54, 1.807) is 0 Å². The molecule has 0 bridgehead atoms. The number of anilines is 1. The lowest BCUT2D eigenvalue weighted by Crippen LogP contribution is -2.31. The van der Waals surface area contributed by atoms with Crippen LogP contribution in [0.2, 0.25) is 0 Å². The Morgan fingerprint density at radius 2 is 2.08 bits per heavy atom. The second kappa shape index (κ2) is 8.01. The number of unbranched alkanes of at least 4 members (excludes halogenated alkanes) is 1. The van der Waals surface area contributed by atoms with Crippen LogP contribution in [0, 0.1) is 5.41 Å². The molecule has 3 aromatic rings. The van der Waals surface area contributed by atoms with E-state index in [1.807, 2.05) is 31.2 Å². The zero-order valence-corrected chi connectivity index (χ0v) is 15.0. The summed E-state index contributed by atoms with van der Waals surface area (Å²) in [4.78, 5) is 9.19. The predicted molar refractivity (Wildman–Crippen MR) is 104 cm³/mol. The first-order chi connectivity index (χ1) is 12.6. The number of nitrogen functional groups attached to an aromatic ring is 1. The van der Waals surface area contributed by atoms with Gasteiger partial charge in [-0.2, -0.15) is 0 Å². The van der Waals surface area contributed by atoms with Crippen molar-refractivity contribution in [3.05, 3.63) is 30.1 Å². The van der Waals surface area contributed by atoms with Gasteiger partial charge in [0.2, 0.25) is 0 Å². The number of aryl methyl sites for hydroxylation is 1. The Labute approximate surface area is 152 Å². The average molecular weight is 355 g/mol. The molecule has 0 unspecified atom stereocenters. The molecule has 2 aromatic heterocycles. The topological polar surface area (TPSA) is 128 Å². The molecule has 0 radical (unpaired) electrons. The van der Waals surface area contributed by atoms with Crippen molar-refractivity contribution in [1.29, 1.82) is 5.41 Å². The van der Waals surface area contributed by atoms with Crippen LogP contribution in [0.1, 0.15) is 25.6 Å². The molecule has 0 aliphatic heterocycles. The van der Waals surface area contributed by atoms with Crippen LogP contribution in [0.3, 0.4) is 0 Å². The molecule has 0 aliphatic rings. The normalized spacial score (nSPS) is 11.3. The van der Waals surface area contributed by atoms with Gasteiger partial charge in [0.25, 0.3) is 0 Å². The molecule has 0 amide bonds. The van der Waals surface area contributed by atoms with E-state index in [2.05, 4.69) is 14.9 Å². The molecule has 0 saturated carbocycles. The van der Waals surface area contributed by atoms with Crippen molar-refractivity contribution in [2.75, 3.05) is 18.9 Å². The molecule has 138 valence electrons. The van der Waals surface area contributed by atoms with Gasteiger partial charge in [0, 0.05) is 25.1 Å². The van der Waals surface area contributed by atoms with E-state index < -0.39 is 0 Å². The Bertz CT molecular complexity index is 919. The lowest BCUT2D eigenvalue weighted by Gasteiger charge is -2.11. The third-order valence-electron chi connectivity index (χ3n) is 4.25. The molecule has 8 heteroatoms. The number of fused-ring (bicyclic) bond motifs is 3. The van der Waals surface area contributed by atoms with Crippen molar-refractivity contribution in [3.8, 4) is 0 Å². The van der Waals surface area contributed by atoms with E-state index in [0.717, 1.165) is 47.1 Å². The Kier molecular flexibility index (Phi) is 5.52. The molecule has 6 N–H and O–H groups in total. The fourth-order valence-electron chi connectivity index (χ4n) is 3.07. The van der Waals surface area contributed by atoms with E-state index in [4.69, 9.17) is 26.6 Å². The minimum atomic E-state index is -0.0000394. The van der Waals surface area contributed by atoms with Gasteiger partial charge in [-0.05, 0) is 25.8 Å². The monoisotopic (exact) mass is 355 g/mol. The first-order valence-corrected chi connectivity index (χ1v) is 8.80. The highest BCUT2D eigenvalue weighted by molar-refractivity contribution is 6.06. The molecule has 0 fully saturated rings. The van der Waals surface area contributed by atoms with E-state index in [9.17, 15) is 0 Å². The summed E-state index contributed by atoms with van der Waals surface area (Å²) in [5, 5.41) is 11.1. The molecule has 0 aliphatic carbocycles. The van der Waals surface area contributed by atoms with Crippen molar-refractivity contribution < 1.29 is 4.74 Å². The quantitative estimate of drug-likeness (QED) is 0.278. The van der Waals surface area contributed by atoms with Gasteiger partial charge in [-0.25, -0.2) is 9.97 Å². The lowest BCUT2D eigenvalue weighted by atomic mass is 10.2. The fraction of sp³-hybridized carbons (Fsp3) is 0.389. The van der Waals surface area contributed by atoms with Gasteiger partial charge >= 0.3 is 0 Å². The summed E-state index contributed by atoms with van der Waals surface area (Å²) in [5.74, 6) is 1.29. The number of hydrogen-bond donors (Lipinski definition) is 4. The number of imidazole rings is 1. The molecule has 0 saturated heterocycles. The second-order valence-electron chi connectivity index (χ2n) is 6.08. The van der Waals surface area contributed by atoms with Crippen LogP contribution < -0.4 is 16.8 Å². The highest BCUT2D eigenvalue weighted by Crippen LogP contribution is 2.29. The Morgan fingerprint density at radius 1 is 1.27 bits per heavy atom. The molecule has 8 nitrogen and oxygen atoms in total. The number of pyridine rings is 1. The van der Waals surface area contributed by atoms with Crippen LogP contribution in [0.5, 0.6) is 0 Å². The number of ether oxygens (including phenoxy) is 1. The maximum atomic E-state index is 7.22. The van der Waals surface area contributed by atoms with Crippen LogP contribution in [-0.2, 0) is 17.9 Å². The molecule has 26 heavy (non-hydrogen) atoms. The predicted octanol–water partition coefficient (Wildman–Crippen LogP) is 1.97. The minimum Gasteiger partial charge on any atom is -0.382 e. The third-order valence-corrected chi connectivity index (χ3v) is 4.25. The van der Waals surface area contributed by atoms with Crippen molar-refractivity contribution >= 4 is 33.7 Å². The molecule has 0 atom stereocenters. The SMILES string of the molecule is CCOCc1nc2c(N)nc3ccccc3c2n1CCCCNC(=N)N. The highest BCUT2D eigenvalue weighted by atomic mass is 16.5. The number of benzene rings is 1. The van der Waals surface area contributed by atoms with Gasteiger partial charge in [0.05, 0.1) is 11.0 Å². The smallest absolute Gasteiger partial charge is 0.185 e. The van der Waals surface area contributed by atoms with Gasteiger partial charge in [0.1, 0.15) is 17.9 Å². The third kappa shape index (κ3) is 3.70. The number of nitrogens with two attached hydrogens (primary N) is 2. The number of guanidine groups is 1. The Hall–Kier alpha value is -2.87. The number of para-hydroxylation sites is 1. The van der Waals surface area contributed by atoms with Gasteiger partial charge < -0.3 is 26.1 Å². The van der Waals surface area contributed by atoms with Crippen LogP contribution in [0.25, 0.3) is 21.9 Å². The van der Waals surface area contributed by atoms with E-state index in [-0.39, 0.29) is 5.96 Å². The van der Waals surface area contributed by atoms with Crippen LogP contribution in [0.15, 0.2) is 24.3 Å². The molecular weight excluding hydrogens is 330 g/mol. The summed E-state index contributed by atoms with van der Waals surface area (Å²) in [6, 6.07) is 7.96. The van der Waals surface area contributed by atoms with E-state index in [0.29, 0.717) is 25.6 Å². The largest absolute Gasteiger partial charge is 0.382 e. The number of nitrogens with one attached hydrogen (secondary N) is 2. The summed E-state index contributed by atoms with van der Waals surface area (Å²) in [6.07, 6.45) is 1.81. The first-order valence-electron chi connectivity index (χ1n) is 8.80. The van der Waals surface area contributed by atoms with Gasteiger partial charge in [-0.3, -0.25) is 5.41 Å². The number of aromatic nitrogens is 3. The van der Waals surface area contributed by atoms with Crippen LogP contribution in [0.4, 0.5) is 5.82 Å². The van der Waals surface area contributed by atoms with Crippen LogP contribution >= 0.6 is 0 Å². The van der Waals surface area contributed by atoms with Gasteiger partial charge in [0.15, 0.2) is 11.8 Å². The van der Waals surface area contributed by atoms with Crippen molar-refractivity contribution in [1.82, 2.24) is 19.9 Å². The molecule has 0 spiro atoms. The van der Waals surface area contributed by atoms with Gasteiger partial charge in [-0.15, -0.1) is 0 Å². The number of hydrogen-bond acceptors (Lipinski definition) is 5. The standard InChI is InChI=1S/C18H25N7O/c1-2-26-11-14-24-15-16(25(14)10-6-5-9-22-18(20)21)12-7-3-4-8-13(12)23-17(15)19/h3-4,7-8H,2,5-6,9-11H2,1H3,(H2,19,23)(H4,20,21,22). The summed E-state index contributed by atoms with van der Waals surface area (Å²) in [5.41, 5.74) is 14.1. The molecule has 3 rings (SSSR count). The zero-order valence-electron chi connectivity index (χ0n) is 15.0. The Morgan fingerprint density at radius 3 is 2.85 bits per heavy atom. The van der Waals surface area contributed by atoms with Crippen molar-refractivity contribution in [3.63, 3.8) is 0 Å². The molecular formula is C18H25N7O. The van der Waals surface area contributed by atoms with Crippen molar-refractivity contribution in [2.45, 2.75) is 32.9 Å². The van der Waals surface area contributed by atoms with E-state index >= 15 is 0 Å². The maximum Gasteiger partial charge on any atom is 0.185 e. The van der Waals surface area contributed by atoms with Crippen LogP contribution in [-0.4, -0.2) is 33.6 Å². The summed E-state index contributed by atoms with van der Waals surface area (Å²) in [7, 11) is 0. The van der Waals surface area contributed by atoms with Gasteiger partial charge in [-0.1, -0.05) is 18.2 Å².